The van der Waals surface area contributed by atoms with Gasteiger partial charge in [0.2, 0.25) is 0 Å². The van der Waals surface area contributed by atoms with Gasteiger partial charge in [0.05, 0.1) is 18.2 Å². The molecule has 1 amide bonds. The molecule has 0 spiro atoms. The fourth-order valence-electron chi connectivity index (χ4n) is 4.30. The molecule has 35 heavy (non-hydrogen) atoms. The largest absolute Gasteiger partial charge is 0.507 e. The number of Topliss-reactive ketones (excluding diaryl/α,β-unsaturated/α-hetero) is 1. The molecular formula is C28H37N3O4. The lowest BCUT2D eigenvalue weighted by atomic mass is 9.94. The summed E-state index contributed by atoms with van der Waals surface area (Å²) in [6.45, 7) is 5.75. The van der Waals surface area contributed by atoms with Crippen LogP contribution in [0, 0.1) is 6.92 Å². The van der Waals surface area contributed by atoms with Gasteiger partial charge in [0.15, 0.2) is 0 Å². The van der Waals surface area contributed by atoms with E-state index in [-0.39, 0.29) is 11.3 Å². The number of ether oxygens (including phenoxy) is 1. The maximum atomic E-state index is 13.2. The molecule has 0 aromatic heterocycles. The van der Waals surface area contributed by atoms with Gasteiger partial charge in [0, 0.05) is 31.9 Å². The molecule has 1 fully saturated rings. The van der Waals surface area contributed by atoms with Crippen molar-refractivity contribution >= 4 is 23.1 Å². The lowest BCUT2D eigenvalue weighted by molar-refractivity contribution is -0.139. The topological polar surface area (TPSA) is 73.3 Å². The molecule has 1 saturated heterocycles. The average Bonchev–Trinajstić information content (AvgIpc) is 3.07. The second kappa shape index (κ2) is 11.4. The van der Waals surface area contributed by atoms with E-state index in [9.17, 15) is 14.7 Å². The van der Waals surface area contributed by atoms with Gasteiger partial charge in [-0.15, -0.1) is 0 Å². The molecule has 1 aliphatic rings. The van der Waals surface area contributed by atoms with Crippen LogP contribution in [0.3, 0.4) is 0 Å². The number of benzene rings is 2. The van der Waals surface area contributed by atoms with E-state index in [1.807, 2.05) is 76.1 Å². The van der Waals surface area contributed by atoms with Gasteiger partial charge >= 0.3 is 0 Å². The molecule has 188 valence electrons. The molecule has 7 nitrogen and oxygen atoms in total. The molecule has 0 aliphatic carbocycles. The molecule has 0 bridgehead atoms. The number of amides is 1. The van der Waals surface area contributed by atoms with Crippen LogP contribution in [-0.4, -0.2) is 74.5 Å². The number of nitrogens with zero attached hydrogens (tertiary/aromatic N) is 3. The van der Waals surface area contributed by atoms with Crippen LogP contribution in [0.15, 0.2) is 48.0 Å². The Morgan fingerprint density at radius 2 is 1.74 bits per heavy atom. The minimum absolute atomic E-state index is 0.124. The highest BCUT2D eigenvalue weighted by Crippen LogP contribution is 2.40. The fraction of sp³-hybridized carbons (Fsp3) is 0.429. The highest BCUT2D eigenvalue weighted by atomic mass is 16.5. The van der Waals surface area contributed by atoms with Crippen LogP contribution in [0.2, 0.25) is 0 Å². The highest BCUT2D eigenvalue weighted by Gasteiger charge is 2.45. The first-order chi connectivity index (χ1) is 16.6. The van der Waals surface area contributed by atoms with Gasteiger partial charge in [-0.25, -0.2) is 0 Å². The Morgan fingerprint density at radius 1 is 1.06 bits per heavy atom. The van der Waals surface area contributed by atoms with Crippen molar-refractivity contribution in [3.8, 4) is 5.75 Å². The molecule has 2 aromatic carbocycles. The second-order valence-corrected chi connectivity index (χ2v) is 9.46. The Balaban J connectivity index is 2.06. The summed E-state index contributed by atoms with van der Waals surface area (Å²) in [6.07, 6.45) is 1.61. The third kappa shape index (κ3) is 5.85. The van der Waals surface area contributed by atoms with Crippen molar-refractivity contribution in [2.75, 3.05) is 52.8 Å². The number of ketones is 1. The van der Waals surface area contributed by atoms with Crippen molar-refractivity contribution < 1.29 is 19.4 Å². The smallest absolute Gasteiger partial charge is 0.295 e. The minimum atomic E-state index is -0.655. The Labute approximate surface area is 208 Å². The number of aliphatic hydroxyl groups is 1. The van der Waals surface area contributed by atoms with Crippen LogP contribution < -0.4 is 9.64 Å². The molecule has 1 unspecified atom stereocenters. The third-order valence-corrected chi connectivity index (χ3v) is 6.18. The number of aryl methyl sites for hydroxylation is 1. The summed E-state index contributed by atoms with van der Waals surface area (Å²) < 4.78 is 5.75. The summed E-state index contributed by atoms with van der Waals surface area (Å²) in [5.74, 6) is -0.654. The summed E-state index contributed by atoms with van der Waals surface area (Å²) in [6, 6.07) is 12.4. The third-order valence-electron chi connectivity index (χ3n) is 6.18. The maximum Gasteiger partial charge on any atom is 0.295 e. The van der Waals surface area contributed by atoms with E-state index in [2.05, 4.69) is 0 Å². The Morgan fingerprint density at radius 3 is 2.31 bits per heavy atom. The number of likely N-dealkylation sites (tertiary alicyclic amines) is 1. The van der Waals surface area contributed by atoms with Crippen LogP contribution in [0.1, 0.15) is 42.5 Å². The van der Waals surface area contributed by atoms with Crippen LogP contribution in [0.25, 0.3) is 5.76 Å². The molecule has 0 radical (unpaired) electrons. The van der Waals surface area contributed by atoms with E-state index in [4.69, 9.17) is 4.74 Å². The Hall–Kier alpha value is -3.32. The van der Waals surface area contributed by atoms with Crippen molar-refractivity contribution in [2.24, 2.45) is 0 Å². The highest BCUT2D eigenvalue weighted by molar-refractivity contribution is 6.46. The van der Waals surface area contributed by atoms with Crippen LogP contribution >= 0.6 is 0 Å². The van der Waals surface area contributed by atoms with E-state index < -0.39 is 17.7 Å². The molecule has 1 atom stereocenters. The van der Waals surface area contributed by atoms with E-state index in [0.717, 1.165) is 42.0 Å². The molecule has 1 aliphatic heterocycles. The van der Waals surface area contributed by atoms with Gasteiger partial charge in [-0.2, -0.15) is 0 Å². The molecule has 1 N–H and O–H groups in total. The quantitative estimate of drug-likeness (QED) is 0.312. The average molecular weight is 480 g/mol. The number of carbonyl (C=O) groups excluding carboxylic acids is 2. The molecule has 7 heteroatoms. The van der Waals surface area contributed by atoms with Gasteiger partial charge in [-0.3, -0.25) is 9.59 Å². The summed E-state index contributed by atoms with van der Waals surface area (Å²) >= 11 is 0. The number of hydrogen-bond acceptors (Lipinski definition) is 6. The molecular weight excluding hydrogens is 442 g/mol. The molecule has 0 saturated carbocycles. The summed E-state index contributed by atoms with van der Waals surface area (Å²) in [5.41, 5.74) is 3.28. The fourth-order valence-corrected chi connectivity index (χ4v) is 4.30. The molecule has 2 aromatic rings. The number of rotatable bonds is 10. The van der Waals surface area contributed by atoms with Gasteiger partial charge in [-0.05, 0) is 81.9 Å². The van der Waals surface area contributed by atoms with Crippen molar-refractivity contribution in [1.82, 2.24) is 9.80 Å². The molecule has 1 heterocycles. The number of hydrogen-bond donors (Lipinski definition) is 1. The van der Waals surface area contributed by atoms with E-state index in [0.29, 0.717) is 18.7 Å². The number of carbonyl (C=O) groups is 2. The minimum Gasteiger partial charge on any atom is -0.507 e. The SMILES string of the molecule is CCCOc1ccc(C(O)=C2C(=O)C(=O)N(CCCN(C)C)C2c2ccc(N(C)C)cc2)cc1C. The van der Waals surface area contributed by atoms with Crippen molar-refractivity contribution in [3.63, 3.8) is 0 Å². The van der Waals surface area contributed by atoms with Crippen molar-refractivity contribution in [3.05, 3.63) is 64.7 Å². The summed E-state index contributed by atoms with van der Waals surface area (Å²) in [5, 5.41) is 11.3. The second-order valence-electron chi connectivity index (χ2n) is 9.46. The van der Waals surface area contributed by atoms with Gasteiger partial charge in [0.25, 0.3) is 11.7 Å². The monoisotopic (exact) mass is 479 g/mol. The Bertz CT molecular complexity index is 1090. The first kappa shape index (κ1) is 26.3. The number of aliphatic hydroxyl groups excluding tert-OH is 1. The summed E-state index contributed by atoms with van der Waals surface area (Å²) in [4.78, 5) is 32.0. The zero-order valence-corrected chi connectivity index (χ0v) is 21.7. The lowest BCUT2D eigenvalue weighted by Gasteiger charge is -2.26. The van der Waals surface area contributed by atoms with Crippen LogP contribution in [0.5, 0.6) is 5.75 Å². The van der Waals surface area contributed by atoms with Gasteiger partial charge < -0.3 is 24.5 Å². The van der Waals surface area contributed by atoms with Crippen molar-refractivity contribution in [2.45, 2.75) is 32.7 Å². The number of anilines is 1. The van der Waals surface area contributed by atoms with Crippen molar-refractivity contribution in [1.29, 1.82) is 0 Å². The summed E-state index contributed by atoms with van der Waals surface area (Å²) in [7, 11) is 7.86. The Kier molecular flexibility index (Phi) is 8.57. The zero-order valence-electron chi connectivity index (χ0n) is 21.7. The lowest BCUT2D eigenvalue weighted by Crippen LogP contribution is -2.32. The first-order valence-electron chi connectivity index (χ1n) is 12.1. The predicted molar refractivity (Wildman–Crippen MR) is 140 cm³/mol. The maximum absolute atomic E-state index is 13.2. The first-order valence-corrected chi connectivity index (χ1v) is 12.1. The van der Waals surface area contributed by atoms with E-state index in [1.54, 1.807) is 23.1 Å². The van der Waals surface area contributed by atoms with E-state index in [1.165, 1.54) is 0 Å². The zero-order chi connectivity index (χ0) is 25.7. The van der Waals surface area contributed by atoms with Crippen LogP contribution in [-0.2, 0) is 9.59 Å². The van der Waals surface area contributed by atoms with Gasteiger partial charge in [-0.1, -0.05) is 19.1 Å². The predicted octanol–water partition coefficient (Wildman–Crippen LogP) is 4.22. The van der Waals surface area contributed by atoms with Crippen LogP contribution in [0.4, 0.5) is 5.69 Å². The standard InChI is InChI=1S/C28H37N3O4/c1-7-17-35-23-14-11-21(18-19(23)2)26(32)24-25(20-9-12-22(13-10-20)30(5)6)31(28(34)27(24)33)16-8-15-29(3)4/h9-14,18,25,32H,7-8,15-17H2,1-6H3. The molecule has 3 rings (SSSR count). The normalized spacial score (nSPS) is 17.3. The van der Waals surface area contributed by atoms with E-state index >= 15 is 0 Å². The van der Waals surface area contributed by atoms with Gasteiger partial charge in [0.1, 0.15) is 11.5 Å².